The number of rotatable bonds is 3. The fourth-order valence-corrected chi connectivity index (χ4v) is 3.41. The normalized spacial score (nSPS) is 21.4. The van der Waals surface area contributed by atoms with Crippen molar-refractivity contribution >= 4 is 17.8 Å². The van der Waals surface area contributed by atoms with Crippen LogP contribution in [0.1, 0.15) is 6.42 Å². The highest BCUT2D eigenvalue weighted by molar-refractivity contribution is 5.91. The van der Waals surface area contributed by atoms with E-state index in [0.29, 0.717) is 43.2 Å². The molecule has 3 heterocycles. The van der Waals surface area contributed by atoms with Gasteiger partial charge in [-0.1, -0.05) is 12.1 Å². The van der Waals surface area contributed by atoms with Crippen LogP contribution < -0.4 is 10.1 Å². The zero-order valence-electron chi connectivity index (χ0n) is 14.9. The number of amides is 3. The Kier molecular flexibility index (Phi) is 4.31. The van der Waals surface area contributed by atoms with E-state index in [4.69, 9.17) is 9.47 Å². The van der Waals surface area contributed by atoms with E-state index in [1.807, 2.05) is 12.1 Å². The Morgan fingerprint density at radius 1 is 1.26 bits per heavy atom. The minimum Gasteiger partial charge on any atom is -0.454 e. The van der Waals surface area contributed by atoms with Crippen LogP contribution in [0, 0.1) is 0 Å². The van der Waals surface area contributed by atoms with Crippen LogP contribution in [0.5, 0.6) is 11.5 Å². The van der Waals surface area contributed by atoms with Crippen LogP contribution in [0.2, 0.25) is 0 Å². The molecular weight excluding hydrogens is 348 g/mol. The summed E-state index contributed by atoms with van der Waals surface area (Å²) in [4.78, 5) is 31.6. The van der Waals surface area contributed by atoms with E-state index in [9.17, 15) is 9.59 Å². The predicted molar refractivity (Wildman–Crippen MR) is 97.8 cm³/mol. The quantitative estimate of drug-likeness (QED) is 0.900. The number of carbonyl (C=O) groups excluding carboxylic acids is 2. The smallest absolute Gasteiger partial charge is 0.410 e. The molecule has 1 N–H and O–H groups in total. The van der Waals surface area contributed by atoms with Crippen molar-refractivity contribution in [1.82, 2.24) is 14.8 Å². The first-order valence-electron chi connectivity index (χ1n) is 8.72. The summed E-state index contributed by atoms with van der Waals surface area (Å²) in [6.07, 6.45) is 3.56. The highest BCUT2D eigenvalue weighted by Gasteiger charge is 2.49. The molecule has 2 saturated heterocycles. The van der Waals surface area contributed by atoms with Crippen LogP contribution in [-0.2, 0) is 4.74 Å². The monoisotopic (exact) mass is 368 g/mol. The van der Waals surface area contributed by atoms with Crippen molar-refractivity contribution in [3.05, 3.63) is 48.8 Å². The largest absolute Gasteiger partial charge is 0.454 e. The fraction of sp³-hybridized carbons (Fsp3) is 0.316. The summed E-state index contributed by atoms with van der Waals surface area (Å²) in [5.74, 6) is 1.11. The molecule has 8 nitrogen and oxygen atoms in total. The second-order valence-electron chi connectivity index (χ2n) is 6.80. The third kappa shape index (κ3) is 3.51. The number of anilines is 1. The number of urea groups is 1. The lowest BCUT2D eigenvalue weighted by molar-refractivity contribution is 0.0663. The molecule has 8 heteroatoms. The lowest BCUT2D eigenvalue weighted by atomic mass is 10.0. The Morgan fingerprint density at radius 2 is 2.11 bits per heavy atom. The van der Waals surface area contributed by atoms with Crippen molar-refractivity contribution in [3.8, 4) is 11.5 Å². The van der Waals surface area contributed by atoms with Gasteiger partial charge in [-0.05, 0) is 24.3 Å². The lowest BCUT2D eigenvalue weighted by Gasteiger charge is -2.22. The Balaban J connectivity index is 1.44. The number of likely N-dealkylation sites (tertiary alicyclic amines) is 1. The third-order valence-electron chi connectivity index (χ3n) is 4.74. The molecule has 27 heavy (non-hydrogen) atoms. The Bertz CT molecular complexity index is 860. The van der Waals surface area contributed by atoms with Crippen molar-refractivity contribution in [2.24, 2.45) is 0 Å². The van der Waals surface area contributed by atoms with Gasteiger partial charge in [-0.25, -0.2) is 9.59 Å². The summed E-state index contributed by atoms with van der Waals surface area (Å²) in [6, 6.07) is 10.5. The maximum atomic E-state index is 12.7. The predicted octanol–water partition coefficient (Wildman–Crippen LogP) is 2.93. The van der Waals surface area contributed by atoms with Gasteiger partial charge in [0.25, 0.3) is 0 Å². The number of nitrogens with zero attached hydrogens (tertiary/aromatic N) is 3. The second-order valence-corrected chi connectivity index (χ2v) is 6.80. The zero-order valence-corrected chi connectivity index (χ0v) is 14.9. The molecule has 0 radical (unpaired) electrons. The molecule has 1 atom stereocenters. The molecule has 140 valence electrons. The van der Waals surface area contributed by atoms with Gasteiger partial charge in [-0.15, -0.1) is 0 Å². The van der Waals surface area contributed by atoms with Crippen LogP contribution in [0.4, 0.5) is 15.3 Å². The van der Waals surface area contributed by atoms with Crippen LogP contribution in [-0.4, -0.2) is 59.2 Å². The molecule has 3 amide bonds. The topological polar surface area (TPSA) is 84.0 Å². The Morgan fingerprint density at radius 3 is 2.85 bits per heavy atom. The van der Waals surface area contributed by atoms with Gasteiger partial charge in [0, 0.05) is 26.2 Å². The van der Waals surface area contributed by atoms with Crippen LogP contribution in [0.3, 0.4) is 0 Å². The van der Waals surface area contributed by atoms with Crippen LogP contribution in [0.25, 0.3) is 0 Å². The maximum Gasteiger partial charge on any atom is 0.410 e. The summed E-state index contributed by atoms with van der Waals surface area (Å²) in [5, 5.41) is 2.89. The molecule has 0 aliphatic carbocycles. The molecule has 1 aromatic carbocycles. The zero-order chi connectivity index (χ0) is 18.9. The van der Waals surface area contributed by atoms with Gasteiger partial charge in [-0.2, -0.15) is 0 Å². The molecule has 0 bridgehead atoms. The number of benzene rings is 1. The van der Waals surface area contributed by atoms with Crippen molar-refractivity contribution in [3.63, 3.8) is 0 Å². The number of carbonyl (C=O) groups is 2. The summed E-state index contributed by atoms with van der Waals surface area (Å²) >= 11 is 0. The van der Waals surface area contributed by atoms with Crippen LogP contribution >= 0.6 is 0 Å². The summed E-state index contributed by atoms with van der Waals surface area (Å²) in [5.41, 5.74) is -0.0395. The fourth-order valence-electron chi connectivity index (χ4n) is 3.41. The number of hydrogen-bond acceptors (Lipinski definition) is 5. The molecule has 0 unspecified atom stereocenters. The van der Waals surface area contributed by atoms with E-state index < -0.39 is 5.60 Å². The van der Waals surface area contributed by atoms with E-state index in [1.54, 1.807) is 53.5 Å². The SMILES string of the molecule is CN1C[C@@]2(CCN(C(=O)Nc3ccccc3Oc3cccnc3)C2)OC1=O. The van der Waals surface area contributed by atoms with Crippen molar-refractivity contribution in [1.29, 1.82) is 0 Å². The van der Waals surface area contributed by atoms with E-state index in [2.05, 4.69) is 10.3 Å². The van der Waals surface area contributed by atoms with Gasteiger partial charge >= 0.3 is 12.1 Å². The molecule has 2 aliphatic heterocycles. The van der Waals surface area contributed by atoms with Crippen molar-refractivity contribution < 1.29 is 19.1 Å². The van der Waals surface area contributed by atoms with Crippen LogP contribution in [0.15, 0.2) is 48.8 Å². The maximum absolute atomic E-state index is 12.7. The Hall–Kier alpha value is -3.29. The summed E-state index contributed by atoms with van der Waals surface area (Å²) in [7, 11) is 1.70. The van der Waals surface area contributed by atoms with Gasteiger partial charge in [0.1, 0.15) is 5.75 Å². The van der Waals surface area contributed by atoms with Gasteiger partial charge < -0.3 is 24.6 Å². The Labute approximate surface area is 156 Å². The van der Waals surface area contributed by atoms with Gasteiger partial charge in [0.2, 0.25) is 0 Å². The number of ether oxygens (including phenoxy) is 2. The molecule has 1 spiro atoms. The van der Waals surface area contributed by atoms with E-state index in [-0.39, 0.29) is 12.1 Å². The molecular formula is C19H20N4O4. The summed E-state index contributed by atoms with van der Waals surface area (Å²) < 4.78 is 11.3. The average molecular weight is 368 g/mol. The lowest BCUT2D eigenvalue weighted by Crippen LogP contribution is -2.40. The van der Waals surface area contributed by atoms with E-state index in [0.717, 1.165) is 0 Å². The first-order chi connectivity index (χ1) is 13.0. The van der Waals surface area contributed by atoms with E-state index >= 15 is 0 Å². The van der Waals surface area contributed by atoms with Gasteiger partial charge in [0.05, 0.1) is 25.0 Å². The summed E-state index contributed by atoms with van der Waals surface area (Å²) in [6.45, 7) is 1.40. The standard InChI is InChI=1S/C19H20N4O4/c1-22-12-19(27-18(22)25)8-10-23(13-19)17(24)21-15-6-2-3-7-16(15)26-14-5-4-9-20-11-14/h2-7,9,11H,8,10,12-13H2,1H3,(H,21,24)/t19-/m1/s1. The highest BCUT2D eigenvalue weighted by Crippen LogP contribution is 2.33. The van der Waals surface area contributed by atoms with Gasteiger partial charge in [-0.3, -0.25) is 4.98 Å². The third-order valence-corrected chi connectivity index (χ3v) is 4.74. The molecule has 2 aliphatic rings. The number of hydrogen-bond donors (Lipinski definition) is 1. The minimum atomic E-state index is -0.602. The molecule has 4 rings (SSSR count). The second kappa shape index (κ2) is 6.79. The molecule has 2 fully saturated rings. The molecule has 2 aromatic rings. The molecule has 1 aromatic heterocycles. The van der Waals surface area contributed by atoms with E-state index in [1.165, 1.54) is 0 Å². The minimum absolute atomic E-state index is 0.250. The van der Waals surface area contributed by atoms with Crippen molar-refractivity contribution in [2.45, 2.75) is 12.0 Å². The number of pyridine rings is 1. The van der Waals surface area contributed by atoms with Crippen molar-refractivity contribution in [2.75, 3.05) is 32.0 Å². The number of aromatic nitrogens is 1. The first kappa shape index (κ1) is 17.1. The number of nitrogens with one attached hydrogen (secondary N) is 1. The van der Waals surface area contributed by atoms with Gasteiger partial charge in [0.15, 0.2) is 11.4 Å². The highest BCUT2D eigenvalue weighted by atomic mass is 16.6. The first-order valence-corrected chi connectivity index (χ1v) is 8.72. The molecule has 0 saturated carbocycles. The number of para-hydroxylation sites is 2. The number of likely N-dealkylation sites (N-methyl/N-ethyl adjacent to an activating group) is 1. The average Bonchev–Trinajstić information content (AvgIpc) is 3.20.